The number of benzene rings is 2. The third kappa shape index (κ3) is 3.67. The maximum Gasteiger partial charge on any atom is 0.338 e. The fourth-order valence-corrected chi connectivity index (χ4v) is 2.69. The summed E-state index contributed by atoms with van der Waals surface area (Å²) in [4.78, 5) is 36.4. The van der Waals surface area contributed by atoms with Crippen LogP contribution < -0.4 is 10.4 Å². The summed E-state index contributed by atoms with van der Waals surface area (Å²) >= 11 is 3.34. The van der Waals surface area contributed by atoms with Crippen LogP contribution in [-0.4, -0.2) is 24.4 Å². The van der Waals surface area contributed by atoms with Crippen molar-refractivity contribution in [3.63, 3.8) is 0 Å². The number of amides is 2. The number of hydrazine groups is 1. The standard InChI is InChI=1S/C19H15BrN2O4/c1-2-26-19(25)13-5-9-15(10-6-13)22-18(24)16(17(23)21-22)11-12-3-7-14(20)8-4-12/h3-11H,2H2,1H3,(H,21,23). The molecule has 1 heterocycles. The number of anilines is 1. The van der Waals surface area contributed by atoms with Crippen molar-refractivity contribution in [3.8, 4) is 0 Å². The van der Waals surface area contributed by atoms with Crippen LogP contribution in [-0.2, 0) is 14.3 Å². The maximum absolute atomic E-state index is 12.6. The molecular formula is C19H15BrN2O4. The van der Waals surface area contributed by atoms with Crippen LogP contribution >= 0.6 is 15.9 Å². The number of hydrogen-bond acceptors (Lipinski definition) is 4. The SMILES string of the molecule is CCOC(=O)c1ccc(N2NC(=O)C(=Cc3ccc(Br)cc3)C2=O)cc1. The van der Waals surface area contributed by atoms with Crippen LogP contribution in [0, 0.1) is 0 Å². The van der Waals surface area contributed by atoms with Crippen LogP contribution in [0.4, 0.5) is 5.69 Å². The molecule has 2 amide bonds. The second-order valence-corrected chi connectivity index (χ2v) is 6.37. The molecule has 2 aromatic rings. The van der Waals surface area contributed by atoms with E-state index >= 15 is 0 Å². The van der Waals surface area contributed by atoms with Crippen LogP contribution in [0.25, 0.3) is 6.08 Å². The lowest BCUT2D eigenvalue weighted by molar-refractivity contribution is -0.117. The van der Waals surface area contributed by atoms with Gasteiger partial charge in [-0.15, -0.1) is 0 Å². The molecule has 0 aromatic heterocycles. The van der Waals surface area contributed by atoms with Gasteiger partial charge in [0, 0.05) is 4.47 Å². The Balaban J connectivity index is 1.82. The van der Waals surface area contributed by atoms with Crippen LogP contribution in [0.1, 0.15) is 22.8 Å². The average molecular weight is 415 g/mol. The van der Waals surface area contributed by atoms with E-state index in [1.54, 1.807) is 43.3 Å². The molecule has 0 unspecified atom stereocenters. The highest BCUT2D eigenvalue weighted by atomic mass is 79.9. The van der Waals surface area contributed by atoms with Crippen molar-refractivity contribution in [2.75, 3.05) is 11.6 Å². The first-order valence-corrected chi connectivity index (χ1v) is 8.69. The van der Waals surface area contributed by atoms with Gasteiger partial charge in [-0.25, -0.2) is 9.80 Å². The van der Waals surface area contributed by atoms with Crippen LogP contribution in [0.5, 0.6) is 0 Å². The normalized spacial score (nSPS) is 15.3. The summed E-state index contributed by atoms with van der Waals surface area (Å²) in [5.74, 6) is -1.37. The third-order valence-corrected chi connectivity index (χ3v) is 4.24. The number of ether oxygens (including phenoxy) is 1. The van der Waals surface area contributed by atoms with Gasteiger partial charge in [0.2, 0.25) is 0 Å². The van der Waals surface area contributed by atoms with E-state index < -0.39 is 17.8 Å². The summed E-state index contributed by atoms with van der Waals surface area (Å²) in [5, 5.41) is 1.15. The first-order valence-electron chi connectivity index (χ1n) is 7.89. The van der Waals surface area contributed by atoms with E-state index in [2.05, 4.69) is 21.4 Å². The fraction of sp³-hybridized carbons (Fsp3) is 0.105. The Hall–Kier alpha value is -2.93. The summed E-state index contributed by atoms with van der Waals surface area (Å²) in [6.07, 6.45) is 1.54. The molecule has 2 aromatic carbocycles. The molecule has 0 aliphatic carbocycles. The lowest BCUT2D eigenvalue weighted by Crippen LogP contribution is -2.35. The third-order valence-electron chi connectivity index (χ3n) is 3.71. The number of carbonyl (C=O) groups is 3. The molecule has 0 bridgehead atoms. The van der Waals surface area contributed by atoms with Gasteiger partial charge < -0.3 is 4.74 Å². The maximum atomic E-state index is 12.6. The minimum absolute atomic E-state index is 0.0433. The first-order chi connectivity index (χ1) is 12.5. The molecule has 6 nitrogen and oxygen atoms in total. The Morgan fingerprint density at radius 2 is 1.77 bits per heavy atom. The number of esters is 1. The Bertz CT molecular complexity index is 889. The van der Waals surface area contributed by atoms with E-state index in [4.69, 9.17) is 4.74 Å². The van der Waals surface area contributed by atoms with Gasteiger partial charge in [0.05, 0.1) is 17.9 Å². The van der Waals surface area contributed by atoms with E-state index in [1.165, 1.54) is 6.08 Å². The Morgan fingerprint density at radius 3 is 2.38 bits per heavy atom. The van der Waals surface area contributed by atoms with Crippen molar-refractivity contribution in [1.82, 2.24) is 5.43 Å². The topological polar surface area (TPSA) is 75.7 Å². The van der Waals surface area contributed by atoms with Crippen LogP contribution in [0.3, 0.4) is 0 Å². The number of rotatable bonds is 4. The van der Waals surface area contributed by atoms with Gasteiger partial charge in [-0.2, -0.15) is 0 Å². The Morgan fingerprint density at radius 1 is 1.12 bits per heavy atom. The molecule has 26 heavy (non-hydrogen) atoms. The second kappa shape index (κ2) is 7.53. The average Bonchev–Trinajstić information content (AvgIpc) is 2.92. The van der Waals surface area contributed by atoms with E-state index in [-0.39, 0.29) is 12.2 Å². The molecule has 3 rings (SSSR count). The van der Waals surface area contributed by atoms with E-state index in [0.29, 0.717) is 11.3 Å². The van der Waals surface area contributed by atoms with Gasteiger partial charge in [-0.05, 0) is 55.0 Å². The Kier molecular flexibility index (Phi) is 5.18. The van der Waals surface area contributed by atoms with Crippen molar-refractivity contribution in [3.05, 3.63) is 69.7 Å². The molecule has 1 aliphatic rings. The van der Waals surface area contributed by atoms with Gasteiger partial charge >= 0.3 is 5.97 Å². The molecule has 132 valence electrons. The highest BCUT2D eigenvalue weighted by molar-refractivity contribution is 9.10. The molecular weight excluding hydrogens is 400 g/mol. The molecule has 7 heteroatoms. The molecule has 0 saturated carbocycles. The minimum atomic E-state index is -0.479. The smallest absolute Gasteiger partial charge is 0.338 e. The molecule has 1 aliphatic heterocycles. The quantitative estimate of drug-likeness (QED) is 0.473. The zero-order valence-corrected chi connectivity index (χ0v) is 15.4. The van der Waals surface area contributed by atoms with E-state index in [1.807, 2.05) is 12.1 Å². The van der Waals surface area contributed by atoms with E-state index in [0.717, 1.165) is 15.0 Å². The molecule has 0 radical (unpaired) electrons. The summed E-state index contributed by atoms with van der Waals surface area (Å²) in [5.41, 5.74) is 4.14. The first kappa shape index (κ1) is 17.9. The van der Waals surface area contributed by atoms with Gasteiger partial charge in [-0.1, -0.05) is 28.1 Å². The Labute approximate surface area is 158 Å². The van der Waals surface area contributed by atoms with Crippen molar-refractivity contribution < 1.29 is 19.1 Å². The van der Waals surface area contributed by atoms with Crippen LogP contribution in [0.2, 0.25) is 0 Å². The zero-order chi connectivity index (χ0) is 18.7. The van der Waals surface area contributed by atoms with Crippen LogP contribution in [0.15, 0.2) is 58.6 Å². The summed E-state index contributed by atoms with van der Waals surface area (Å²) in [6, 6.07) is 13.5. The lowest BCUT2D eigenvalue weighted by Gasteiger charge is -2.14. The summed E-state index contributed by atoms with van der Waals surface area (Å²) in [6.45, 7) is 2.01. The second-order valence-electron chi connectivity index (χ2n) is 5.46. The number of nitrogens with one attached hydrogen (secondary N) is 1. The fourth-order valence-electron chi connectivity index (χ4n) is 2.43. The zero-order valence-electron chi connectivity index (χ0n) is 13.9. The van der Waals surface area contributed by atoms with Crippen molar-refractivity contribution in [2.45, 2.75) is 6.92 Å². The van der Waals surface area contributed by atoms with E-state index in [9.17, 15) is 14.4 Å². The van der Waals surface area contributed by atoms with Gasteiger partial charge in [0.25, 0.3) is 11.8 Å². The highest BCUT2D eigenvalue weighted by Gasteiger charge is 2.34. The number of carbonyl (C=O) groups excluding carboxylic acids is 3. The predicted molar refractivity (Wildman–Crippen MR) is 100 cm³/mol. The number of nitrogens with zero attached hydrogens (tertiary/aromatic N) is 1. The molecule has 1 N–H and O–H groups in total. The molecule has 1 saturated heterocycles. The van der Waals surface area contributed by atoms with Gasteiger partial charge in [0.15, 0.2) is 0 Å². The molecule has 0 spiro atoms. The van der Waals surface area contributed by atoms with Crippen molar-refractivity contribution >= 4 is 45.5 Å². The summed E-state index contributed by atoms with van der Waals surface area (Å²) < 4.78 is 5.83. The van der Waals surface area contributed by atoms with Crippen molar-refractivity contribution in [1.29, 1.82) is 0 Å². The summed E-state index contributed by atoms with van der Waals surface area (Å²) in [7, 11) is 0. The highest BCUT2D eigenvalue weighted by Crippen LogP contribution is 2.22. The number of hydrogen-bond donors (Lipinski definition) is 1. The lowest BCUT2D eigenvalue weighted by atomic mass is 10.1. The predicted octanol–water partition coefficient (Wildman–Crippen LogP) is 3.09. The van der Waals surface area contributed by atoms with Gasteiger partial charge in [0.1, 0.15) is 5.57 Å². The molecule has 0 atom stereocenters. The largest absolute Gasteiger partial charge is 0.462 e. The van der Waals surface area contributed by atoms with Crippen molar-refractivity contribution in [2.24, 2.45) is 0 Å². The minimum Gasteiger partial charge on any atom is -0.462 e. The van der Waals surface area contributed by atoms with Gasteiger partial charge in [-0.3, -0.25) is 15.0 Å². The number of halogens is 1. The monoisotopic (exact) mass is 414 g/mol. The molecule has 1 fully saturated rings.